The first-order chi connectivity index (χ1) is 16.2. The molecule has 0 unspecified atom stereocenters. The number of allylic oxidation sites excluding steroid dienone is 3. The number of carbonyl (C=O) groups is 1. The van der Waals surface area contributed by atoms with Crippen LogP contribution in [-0.2, 0) is 4.79 Å². The average molecular weight is 450 g/mol. The molecule has 0 bridgehead atoms. The number of nitrogens with two attached hydrogens (primary N) is 1. The van der Waals surface area contributed by atoms with Gasteiger partial charge >= 0.3 is 0 Å². The summed E-state index contributed by atoms with van der Waals surface area (Å²) in [6.45, 7) is 0. The molecule has 160 valence electrons. The molecule has 0 saturated carbocycles. The number of hydrogen-bond donors (Lipinski definition) is 1. The maximum absolute atomic E-state index is 13.7. The number of carbonyl (C=O) groups excluding carboxylic acids is 1. The quantitative estimate of drug-likeness (QED) is 0.617. The lowest BCUT2D eigenvalue weighted by atomic mass is 9.73. The highest BCUT2D eigenvalue weighted by Gasteiger charge is 2.45. The van der Waals surface area contributed by atoms with Crippen molar-refractivity contribution in [2.75, 3.05) is 4.90 Å². The second-order valence-corrected chi connectivity index (χ2v) is 9.30. The molecule has 0 spiro atoms. The van der Waals surface area contributed by atoms with E-state index in [-0.39, 0.29) is 11.7 Å². The Bertz CT molecular complexity index is 1410. The molecule has 0 radical (unpaired) electrons. The molecule has 0 fully saturated rings. The Morgan fingerprint density at radius 1 is 1.12 bits per heavy atom. The van der Waals surface area contributed by atoms with E-state index in [0.29, 0.717) is 35.6 Å². The van der Waals surface area contributed by atoms with E-state index in [9.17, 15) is 10.1 Å². The highest BCUT2D eigenvalue weighted by atomic mass is 32.1. The van der Waals surface area contributed by atoms with Crippen molar-refractivity contribution in [2.45, 2.75) is 24.7 Å². The van der Waals surface area contributed by atoms with Gasteiger partial charge in [-0.05, 0) is 41.6 Å². The van der Waals surface area contributed by atoms with Gasteiger partial charge in [0.1, 0.15) is 5.84 Å². The van der Waals surface area contributed by atoms with Gasteiger partial charge in [0.2, 0.25) is 0 Å². The number of pyridine rings is 1. The molecule has 3 aliphatic rings. The number of aliphatic imine (C=N–C) groups is 1. The molecule has 2 atom stereocenters. The molecule has 7 heteroatoms. The fourth-order valence-corrected chi connectivity index (χ4v) is 5.95. The second kappa shape index (κ2) is 7.54. The van der Waals surface area contributed by atoms with Crippen LogP contribution in [0.5, 0.6) is 0 Å². The number of anilines is 1. The van der Waals surface area contributed by atoms with E-state index in [0.717, 1.165) is 22.5 Å². The number of ketones is 1. The third-order valence-electron chi connectivity index (χ3n) is 6.51. The van der Waals surface area contributed by atoms with E-state index in [4.69, 9.17) is 10.7 Å². The lowest BCUT2D eigenvalue weighted by Crippen LogP contribution is -2.40. The largest absolute Gasteiger partial charge is 0.383 e. The third kappa shape index (κ3) is 2.95. The molecule has 4 heterocycles. The van der Waals surface area contributed by atoms with Crippen LogP contribution in [0.1, 0.15) is 40.7 Å². The fraction of sp³-hybridized carbons (Fsp3) is 0.154. The SMILES string of the molecule is N#CC1=C2N=C(N)c3ccccc3N2C2=C(C(=O)C[C@H](c3cccs3)C2)[C@@H]1c1cccnc1. The summed E-state index contributed by atoms with van der Waals surface area (Å²) in [5.41, 5.74) is 10.8. The maximum atomic E-state index is 13.7. The molecule has 2 aromatic heterocycles. The molecule has 2 N–H and O–H groups in total. The van der Waals surface area contributed by atoms with Gasteiger partial charge in [0.25, 0.3) is 0 Å². The van der Waals surface area contributed by atoms with E-state index >= 15 is 0 Å². The lowest BCUT2D eigenvalue weighted by molar-refractivity contribution is -0.116. The monoisotopic (exact) mass is 449 g/mol. The number of aromatic nitrogens is 1. The van der Waals surface area contributed by atoms with Crippen LogP contribution in [0, 0.1) is 11.3 Å². The van der Waals surface area contributed by atoms with Crippen LogP contribution >= 0.6 is 11.3 Å². The van der Waals surface area contributed by atoms with Crippen molar-refractivity contribution in [3.8, 4) is 6.07 Å². The van der Waals surface area contributed by atoms with Crippen LogP contribution in [0.15, 0.2) is 94.0 Å². The maximum Gasteiger partial charge on any atom is 0.162 e. The van der Waals surface area contributed by atoms with Crippen molar-refractivity contribution in [3.05, 3.63) is 105 Å². The minimum Gasteiger partial charge on any atom is -0.383 e. The van der Waals surface area contributed by atoms with Crippen molar-refractivity contribution in [1.29, 1.82) is 5.26 Å². The van der Waals surface area contributed by atoms with Crippen molar-refractivity contribution in [1.82, 2.24) is 4.98 Å². The highest BCUT2D eigenvalue weighted by molar-refractivity contribution is 7.10. The Morgan fingerprint density at radius 3 is 2.76 bits per heavy atom. The molecule has 3 aromatic rings. The number of nitriles is 1. The lowest BCUT2D eigenvalue weighted by Gasteiger charge is -2.43. The molecule has 6 rings (SSSR count). The summed E-state index contributed by atoms with van der Waals surface area (Å²) in [4.78, 5) is 25.9. The first-order valence-electron chi connectivity index (χ1n) is 10.7. The molecule has 33 heavy (non-hydrogen) atoms. The summed E-state index contributed by atoms with van der Waals surface area (Å²) in [7, 11) is 0. The van der Waals surface area contributed by atoms with Gasteiger partial charge in [-0.15, -0.1) is 11.3 Å². The number of thiophene rings is 1. The zero-order chi connectivity index (χ0) is 22.5. The molecule has 0 amide bonds. The fourth-order valence-electron chi connectivity index (χ4n) is 5.12. The van der Waals surface area contributed by atoms with Crippen molar-refractivity contribution >= 4 is 28.6 Å². The number of para-hydroxylation sites is 1. The molecule has 2 aliphatic heterocycles. The van der Waals surface area contributed by atoms with E-state index in [1.807, 2.05) is 52.7 Å². The van der Waals surface area contributed by atoms with Gasteiger partial charge in [-0.3, -0.25) is 14.7 Å². The number of nitrogens with zero attached hydrogens (tertiary/aromatic N) is 4. The Labute approximate surface area is 195 Å². The van der Waals surface area contributed by atoms with Crippen molar-refractivity contribution in [2.24, 2.45) is 10.7 Å². The Balaban J connectivity index is 1.63. The molecule has 1 aliphatic carbocycles. The molecular weight excluding hydrogens is 430 g/mol. The summed E-state index contributed by atoms with van der Waals surface area (Å²) in [6, 6.07) is 18.0. The van der Waals surface area contributed by atoms with Gasteiger partial charge in [0, 0.05) is 46.4 Å². The first-order valence-corrected chi connectivity index (χ1v) is 11.6. The zero-order valence-electron chi connectivity index (χ0n) is 17.6. The molecule has 0 saturated heterocycles. The number of rotatable bonds is 2. The average Bonchev–Trinajstić information content (AvgIpc) is 3.39. The second-order valence-electron chi connectivity index (χ2n) is 8.32. The number of amidine groups is 1. The van der Waals surface area contributed by atoms with Gasteiger partial charge in [-0.1, -0.05) is 24.3 Å². The van der Waals surface area contributed by atoms with Crippen molar-refractivity contribution < 1.29 is 4.79 Å². The van der Waals surface area contributed by atoms with E-state index in [1.165, 1.54) is 4.88 Å². The number of benzene rings is 1. The van der Waals surface area contributed by atoms with E-state index in [1.54, 1.807) is 23.7 Å². The summed E-state index contributed by atoms with van der Waals surface area (Å²) in [5, 5.41) is 12.3. The predicted molar refractivity (Wildman–Crippen MR) is 128 cm³/mol. The topological polar surface area (TPSA) is 95.4 Å². The van der Waals surface area contributed by atoms with E-state index in [2.05, 4.69) is 17.1 Å². The summed E-state index contributed by atoms with van der Waals surface area (Å²) in [6.07, 6.45) is 4.52. The highest BCUT2D eigenvalue weighted by Crippen LogP contribution is 2.51. The Hall–Kier alpha value is -4.02. The van der Waals surface area contributed by atoms with Crippen LogP contribution in [0.4, 0.5) is 5.69 Å². The van der Waals surface area contributed by atoms with Gasteiger partial charge in [0.15, 0.2) is 11.6 Å². The number of hydrogen-bond acceptors (Lipinski definition) is 7. The summed E-state index contributed by atoms with van der Waals surface area (Å²) >= 11 is 1.67. The zero-order valence-corrected chi connectivity index (χ0v) is 18.4. The third-order valence-corrected chi connectivity index (χ3v) is 7.55. The molecular formula is C26H19N5OS. The van der Waals surface area contributed by atoms with Crippen LogP contribution in [-0.4, -0.2) is 16.6 Å². The summed E-state index contributed by atoms with van der Waals surface area (Å²) < 4.78 is 0. The van der Waals surface area contributed by atoms with E-state index < -0.39 is 5.92 Å². The first kappa shape index (κ1) is 19.6. The smallest absolute Gasteiger partial charge is 0.162 e. The predicted octanol–water partition coefficient (Wildman–Crippen LogP) is 4.60. The Kier molecular flexibility index (Phi) is 4.49. The van der Waals surface area contributed by atoms with Gasteiger partial charge in [0.05, 0.1) is 23.2 Å². The van der Waals surface area contributed by atoms with Crippen LogP contribution in [0.2, 0.25) is 0 Å². The normalized spacial score (nSPS) is 21.7. The molecule has 6 nitrogen and oxygen atoms in total. The van der Waals surface area contributed by atoms with Crippen LogP contribution in [0.3, 0.4) is 0 Å². The van der Waals surface area contributed by atoms with Crippen molar-refractivity contribution in [3.63, 3.8) is 0 Å². The summed E-state index contributed by atoms with van der Waals surface area (Å²) in [5.74, 6) is 0.515. The van der Waals surface area contributed by atoms with Gasteiger partial charge in [-0.2, -0.15) is 5.26 Å². The van der Waals surface area contributed by atoms with Gasteiger partial charge in [-0.25, -0.2) is 4.99 Å². The number of fused-ring (bicyclic) bond motifs is 4. The van der Waals surface area contributed by atoms with Crippen LogP contribution < -0.4 is 10.6 Å². The number of Topliss-reactive ketones (excluding diaryl/α,β-unsaturated/α-hetero) is 1. The van der Waals surface area contributed by atoms with Crippen LogP contribution in [0.25, 0.3) is 0 Å². The van der Waals surface area contributed by atoms with Gasteiger partial charge < -0.3 is 5.73 Å². The minimum absolute atomic E-state index is 0.0651. The molecule has 1 aromatic carbocycles. The minimum atomic E-state index is -0.511. The standard InChI is InChI=1S/C26H19N5OS/c27-13-18-23(15-5-3-9-29-14-15)24-20(11-16(12-21(24)32)22-8-4-10-33-22)31-19-7-2-1-6-17(19)25(28)30-26(18)31/h1-10,14,16,23H,11-12H2,(H2,28,30)/t16-,23-/m1/s1. The Morgan fingerprint density at radius 2 is 2.00 bits per heavy atom.